The Morgan fingerprint density at radius 2 is 1.75 bits per heavy atom. The van der Waals surface area contributed by atoms with E-state index in [4.69, 9.17) is 9.84 Å². The number of benzene rings is 2. The molecule has 1 unspecified atom stereocenters. The second-order valence-electron chi connectivity index (χ2n) is 5.29. The summed E-state index contributed by atoms with van der Waals surface area (Å²) >= 11 is 0. The Balaban J connectivity index is 2.12. The monoisotopic (exact) mass is 331 g/mol. The van der Waals surface area contributed by atoms with E-state index in [-0.39, 0.29) is 12.2 Å². The van der Waals surface area contributed by atoms with E-state index in [1.807, 2.05) is 18.2 Å². The Bertz CT molecular complexity index is 705. The first kappa shape index (κ1) is 17.5. The van der Waals surface area contributed by atoms with Gasteiger partial charge < -0.3 is 14.7 Å². The maximum absolute atomic E-state index is 14.0. The van der Waals surface area contributed by atoms with Gasteiger partial charge in [-0.25, -0.2) is 9.18 Å². The number of rotatable bonds is 6. The normalized spacial score (nSPS) is 11.6. The smallest absolute Gasteiger partial charge is 0.410 e. The molecule has 0 aliphatic rings. The fourth-order valence-electron chi connectivity index (χ4n) is 2.31. The quantitative estimate of drug-likeness (QED) is 0.878. The molecule has 0 aliphatic carbocycles. The van der Waals surface area contributed by atoms with E-state index >= 15 is 0 Å². The lowest BCUT2D eigenvalue weighted by Crippen LogP contribution is -2.33. The number of halogens is 1. The first-order valence-corrected chi connectivity index (χ1v) is 7.38. The lowest BCUT2D eigenvalue weighted by Gasteiger charge is -2.27. The van der Waals surface area contributed by atoms with Crippen LogP contribution in [0.1, 0.15) is 23.6 Å². The molecule has 126 valence electrons. The third kappa shape index (κ3) is 4.55. The fourth-order valence-corrected chi connectivity index (χ4v) is 2.31. The van der Waals surface area contributed by atoms with Crippen molar-refractivity contribution in [1.29, 1.82) is 0 Å². The van der Waals surface area contributed by atoms with E-state index in [9.17, 15) is 14.0 Å². The Labute approximate surface area is 139 Å². The van der Waals surface area contributed by atoms with Gasteiger partial charge in [-0.3, -0.25) is 4.79 Å². The molecule has 0 heterocycles. The number of carbonyl (C=O) groups is 2. The maximum atomic E-state index is 14.0. The second kappa shape index (κ2) is 8.10. The molecule has 1 N–H and O–H groups in total. The molecule has 0 fully saturated rings. The van der Waals surface area contributed by atoms with E-state index < -0.39 is 30.3 Å². The maximum Gasteiger partial charge on any atom is 0.410 e. The second-order valence-corrected chi connectivity index (χ2v) is 5.29. The largest absolute Gasteiger partial charge is 0.481 e. The zero-order valence-corrected chi connectivity index (χ0v) is 13.2. The van der Waals surface area contributed by atoms with Crippen LogP contribution in [0.25, 0.3) is 0 Å². The molecule has 5 nitrogen and oxygen atoms in total. The third-order valence-electron chi connectivity index (χ3n) is 3.59. The standard InChI is InChI=1S/C18H18FNO4/c1-20(18(23)24-12-13-7-3-2-4-8-13)16(11-17(21)22)14-9-5-6-10-15(14)19/h2-10,16H,11-12H2,1H3,(H,21,22). The molecule has 0 aromatic heterocycles. The summed E-state index contributed by atoms with van der Waals surface area (Å²) < 4.78 is 19.2. The summed E-state index contributed by atoms with van der Waals surface area (Å²) in [4.78, 5) is 24.4. The van der Waals surface area contributed by atoms with Crippen LogP contribution in [0, 0.1) is 5.82 Å². The van der Waals surface area contributed by atoms with Crippen LogP contribution in [0.2, 0.25) is 0 Å². The van der Waals surface area contributed by atoms with Crippen LogP contribution in [0.15, 0.2) is 54.6 Å². The van der Waals surface area contributed by atoms with E-state index in [0.717, 1.165) is 10.5 Å². The minimum absolute atomic E-state index is 0.0566. The van der Waals surface area contributed by atoms with Crippen LogP contribution in [-0.2, 0) is 16.1 Å². The minimum atomic E-state index is -1.13. The van der Waals surface area contributed by atoms with Crippen LogP contribution in [0.3, 0.4) is 0 Å². The van der Waals surface area contributed by atoms with Crippen molar-refractivity contribution in [2.75, 3.05) is 7.05 Å². The molecule has 6 heteroatoms. The lowest BCUT2D eigenvalue weighted by molar-refractivity contribution is -0.138. The summed E-state index contributed by atoms with van der Waals surface area (Å²) in [6, 6.07) is 13.9. The first-order valence-electron chi connectivity index (χ1n) is 7.38. The number of amides is 1. The number of nitrogens with zero attached hydrogens (tertiary/aromatic N) is 1. The van der Waals surface area contributed by atoms with Crippen molar-refractivity contribution < 1.29 is 23.8 Å². The number of carbonyl (C=O) groups excluding carboxylic acids is 1. The van der Waals surface area contributed by atoms with Crippen molar-refractivity contribution in [3.05, 3.63) is 71.5 Å². The van der Waals surface area contributed by atoms with Crippen LogP contribution < -0.4 is 0 Å². The van der Waals surface area contributed by atoms with Gasteiger partial charge in [-0.15, -0.1) is 0 Å². The molecule has 0 radical (unpaired) electrons. The number of aliphatic carboxylic acids is 1. The lowest BCUT2D eigenvalue weighted by atomic mass is 10.0. The highest BCUT2D eigenvalue weighted by Crippen LogP contribution is 2.26. The number of hydrogen-bond acceptors (Lipinski definition) is 3. The predicted molar refractivity (Wildman–Crippen MR) is 85.8 cm³/mol. The van der Waals surface area contributed by atoms with Crippen molar-refractivity contribution in [3.8, 4) is 0 Å². The van der Waals surface area contributed by atoms with Gasteiger partial charge in [0, 0.05) is 12.6 Å². The summed E-state index contributed by atoms with van der Waals surface area (Å²) in [5.41, 5.74) is 0.944. The summed E-state index contributed by atoms with van der Waals surface area (Å²) in [5.74, 6) is -1.70. The molecular weight excluding hydrogens is 313 g/mol. The van der Waals surface area contributed by atoms with Crippen LogP contribution in [0.5, 0.6) is 0 Å². The van der Waals surface area contributed by atoms with Gasteiger partial charge in [0.1, 0.15) is 12.4 Å². The van der Waals surface area contributed by atoms with Gasteiger partial charge in [0.25, 0.3) is 0 Å². The molecule has 0 bridgehead atoms. The Hall–Kier alpha value is -2.89. The Kier molecular flexibility index (Phi) is 5.89. The Morgan fingerprint density at radius 3 is 2.38 bits per heavy atom. The molecule has 0 spiro atoms. The van der Waals surface area contributed by atoms with Crippen molar-refractivity contribution >= 4 is 12.1 Å². The van der Waals surface area contributed by atoms with E-state index in [1.54, 1.807) is 18.2 Å². The van der Waals surface area contributed by atoms with Crippen LogP contribution in [0.4, 0.5) is 9.18 Å². The highest BCUT2D eigenvalue weighted by atomic mass is 19.1. The number of carboxylic acids is 1. The van der Waals surface area contributed by atoms with Crippen molar-refractivity contribution in [1.82, 2.24) is 4.90 Å². The molecule has 1 atom stereocenters. The highest BCUT2D eigenvalue weighted by molar-refractivity contribution is 5.72. The SMILES string of the molecule is CN(C(=O)OCc1ccccc1)C(CC(=O)O)c1ccccc1F. The molecule has 0 saturated carbocycles. The average molecular weight is 331 g/mol. The van der Waals surface area contributed by atoms with Crippen molar-refractivity contribution in [3.63, 3.8) is 0 Å². The molecular formula is C18H18FNO4. The minimum Gasteiger partial charge on any atom is -0.481 e. The molecule has 2 rings (SSSR count). The summed E-state index contributed by atoms with van der Waals surface area (Å²) in [6.45, 7) is 0.0566. The van der Waals surface area contributed by atoms with Crippen LogP contribution in [-0.4, -0.2) is 29.1 Å². The highest BCUT2D eigenvalue weighted by Gasteiger charge is 2.27. The van der Waals surface area contributed by atoms with Gasteiger partial charge in [-0.1, -0.05) is 48.5 Å². The molecule has 0 saturated heterocycles. The third-order valence-corrected chi connectivity index (χ3v) is 3.59. The fraction of sp³-hybridized carbons (Fsp3) is 0.222. The number of hydrogen-bond donors (Lipinski definition) is 1. The molecule has 24 heavy (non-hydrogen) atoms. The van der Waals surface area contributed by atoms with E-state index in [2.05, 4.69) is 0 Å². The number of carboxylic acid groups (broad SMARTS) is 1. The zero-order valence-electron chi connectivity index (χ0n) is 13.2. The first-order chi connectivity index (χ1) is 11.5. The van der Waals surface area contributed by atoms with Gasteiger partial charge in [-0.05, 0) is 11.6 Å². The average Bonchev–Trinajstić information content (AvgIpc) is 2.58. The summed E-state index contributed by atoms with van der Waals surface area (Å²) in [5, 5.41) is 9.07. The van der Waals surface area contributed by atoms with E-state index in [0.29, 0.717) is 0 Å². The molecule has 2 aromatic rings. The van der Waals surface area contributed by atoms with Gasteiger partial charge in [0.05, 0.1) is 12.5 Å². The van der Waals surface area contributed by atoms with Gasteiger partial charge in [0.15, 0.2) is 0 Å². The molecule has 0 aliphatic heterocycles. The van der Waals surface area contributed by atoms with Crippen molar-refractivity contribution in [2.45, 2.75) is 19.1 Å². The molecule has 2 aromatic carbocycles. The van der Waals surface area contributed by atoms with Gasteiger partial charge in [-0.2, -0.15) is 0 Å². The zero-order chi connectivity index (χ0) is 17.5. The predicted octanol–water partition coefficient (Wildman–Crippen LogP) is 3.61. The summed E-state index contributed by atoms with van der Waals surface area (Å²) in [7, 11) is 1.40. The summed E-state index contributed by atoms with van der Waals surface area (Å²) in [6.07, 6.45) is -1.13. The van der Waals surface area contributed by atoms with Gasteiger partial charge in [0.2, 0.25) is 0 Å². The molecule has 1 amide bonds. The van der Waals surface area contributed by atoms with Gasteiger partial charge >= 0.3 is 12.1 Å². The van der Waals surface area contributed by atoms with Crippen LogP contribution >= 0.6 is 0 Å². The number of ether oxygens (including phenoxy) is 1. The topological polar surface area (TPSA) is 66.8 Å². The Morgan fingerprint density at radius 1 is 1.12 bits per heavy atom. The van der Waals surface area contributed by atoms with E-state index in [1.165, 1.54) is 25.2 Å². The van der Waals surface area contributed by atoms with Crippen molar-refractivity contribution in [2.24, 2.45) is 0 Å².